The molecule has 5 heteroatoms. The molecule has 2 aromatic rings. The van der Waals surface area contributed by atoms with Crippen LogP contribution < -0.4 is 5.73 Å². The summed E-state index contributed by atoms with van der Waals surface area (Å²) in [5.74, 6) is 3.60. The molecule has 2 N–H and O–H groups in total. The number of hydrogen-bond acceptors (Lipinski definition) is 4. The number of halogens is 1. The van der Waals surface area contributed by atoms with E-state index in [1.165, 1.54) is 25.7 Å². The third kappa shape index (κ3) is 1.95. The Bertz CT molecular complexity index is 654. The molecule has 3 atom stereocenters. The van der Waals surface area contributed by atoms with E-state index in [0.717, 1.165) is 27.7 Å². The summed E-state index contributed by atoms with van der Waals surface area (Å²) in [4.78, 5) is 4.60. The number of hydrogen-bond donors (Lipinski definition) is 1. The van der Waals surface area contributed by atoms with Gasteiger partial charge in [0.25, 0.3) is 5.89 Å². The van der Waals surface area contributed by atoms with Gasteiger partial charge in [-0.25, -0.2) is 0 Å². The average Bonchev–Trinajstić information content (AvgIpc) is 3.16. The Kier molecular flexibility index (Phi) is 2.84. The number of nitrogen functional groups attached to an aromatic ring is 1. The van der Waals surface area contributed by atoms with E-state index in [1.807, 2.05) is 18.2 Å². The zero-order chi connectivity index (χ0) is 13.7. The highest BCUT2D eigenvalue weighted by Crippen LogP contribution is 2.52. The van der Waals surface area contributed by atoms with Gasteiger partial charge in [0.2, 0.25) is 0 Å². The molecule has 4 rings (SSSR count). The number of benzene rings is 1. The third-order valence-corrected chi connectivity index (χ3v) is 5.48. The number of nitrogens with two attached hydrogens (primary N) is 1. The Balaban J connectivity index is 1.63. The van der Waals surface area contributed by atoms with Crippen LogP contribution in [0.2, 0.25) is 0 Å². The predicted molar refractivity (Wildman–Crippen MR) is 80.0 cm³/mol. The van der Waals surface area contributed by atoms with Gasteiger partial charge >= 0.3 is 0 Å². The van der Waals surface area contributed by atoms with Gasteiger partial charge in [0.1, 0.15) is 0 Å². The SMILES string of the molecule is Nc1cc(-c2nc(C3CC4CCC3C4)no2)ccc1Br. The lowest BCUT2D eigenvalue weighted by atomic mass is 9.88. The molecule has 0 radical (unpaired) electrons. The van der Waals surface area contributed by atoms with Gasteiger partial charge in [-0.2, -0.15) is 4.98 Å². The zero-order valence-corrected chi connectivity index (χ0v) is 12.6. The summed E-state index contributed by atoms with van der Waals surface area (Å²) in [5.41, 5.74) is 7.46. The first-order valence-electron chi connectivity index (χ1n) is 7.09. The van der Waals surface area contributed by atoms with Gasteiger partial charge in [0.05, 0.1) is 0 Å². The van der Waals surface area contributed by atoms with Crippen molar-refractivity contribution >= 4 is 21.6 Å². The fourth-order valence-electron chi connectivity index (χ4n) is 3.74. The lowest BCUT2D eigenvalue weighted by Gasteiger charge is -2.17. The van der Waals surface area contributed by atoms with Crippen molar-refractivity contribution in [1.29, 1.82) is 0 Å². The van der Waals surface area contributed by atoms with Crippen molar-refractivity contribution in [3.8, 4) is 11.5 Å². The van der Waals surface area contributed by atoms with E-state index < -0.39 is 0 Å². The minimum absolute atomic E-state index is 0.499. The molecule has 3 unspecified atom stereocenters. The molecule has 2 aliphatic rings. The van der Waals surface area contributed by atoms with E-state index in [2.05, 4.69) is 26.1 Å². The highest BCUT2D eigenvalue weighted by atomic mass is 79.9. The second-order valence-electron chi connectivity index (χ2n) is 5.98. The molecule has 104 valence electrons. The summed E-state index contributed by atoms with van der Waals surface area (Å²) < 4.78 is 6.32. The molecule has 0 aliphatic heterocycles. The smallest absolute Gasteiger partial charge is 0.258 e. The van der Waals surface area contributed by atoms with E-state index >= 15 is 0 Å². The molecule has 1 heterocycles. The maximum atomic E-state index is 5.90. The molecule has 1 aromatic heterocycles. The first-order valence-corrected chi connectivity index (χ1v) is 7.89. The molecule has 2 bridgehead atoms. The normalized spacial score (nSPS) is 28.1. The van der Waals surface area contributed by atoms with Crippen molar-refractivity contribution in [2.24, 2.45) is 11.8 Å². The van der Waals surface area contributed by atoms with Crippen molar-refractivity contribution in [3.05, 3.63) is 28.5 Å². The van der Waals surface area contributed by atoms with E-state index in [9.17, 15) is 0 Å². The van der Waals surface area contributed by atoms with E-state index in [4.69, 9.17) is 10.3 Å². The van der Waals surface area contributed by atoms with Crippen LogP contribution in [-0.4, -0.2) is 10.1 Å². The molecule has 2 saturated carbocycles. The summed E-state index contributed by atoms with van der Waals surface area (Å²) >= 11 is 3.39. The first-order chi connectivity index (χ1) is 9.70. The van der Waals surface area contributed by atoms with Crippen LogP contribution in [0.25, 0.3) is 11.5 Å². The van der Waals surface area contributed by atoms with Crippen molar-refractivity contribution in [2.45, 2.75) is 31.6 Å². The maximum absolute atomic E-state index is 5.90. The minimum atomic E-state index is 0.499. The van der Waals surface area contributed by atoms with Gasteiger partial charge in [-0.05, 0) is 65.2 Å². The van der Waals surface area contributed by atoms with Crippen LogP contribution in [0, 0.1) is 11.8 Å². The Morgan fingerprint density at radius 3 is 2.85 bits per heavy atom. The van der Waals surface area contributed by atoms with Crippen molar-refractivity contribution in [1.82, 2.24) is 10.1 Å². The van der Waals surface area contributed by atoms with Gasteiger partial charge in [-0.1, -0.05) is 11.6 Å². The van der Waals surface area contributed by atoms with Crippen LogP contribution in [0.4, 0.5) is 5.69 Å². The van der Waals surface area contributed by atoms with Crippen molar-refractivity contribution in [3.63, 3.8) is 0 Å². The topological polar surface area (TPSA) is 64.9 Å². The predicted octanol–water partition coefficient (Wildman–Crippen LogP) is 3.98. The summed E-state index contributed by atoms with van der Waals surface area (Å²) in [7, 11) is 0. The number of aromatic nitrogens is 2. The number of fused-ring (bicyclic) bond motifs is 2. The molecule has 20 heavy (non-hydrogen) atoms. The fourth-order valence-corrected chi connectivity index (χ4v) is 3.99. The largest absolute Gasteiger partial charge is 0.398 e. The highest BCUT2D eigenvalue weighted by Gasteiger charge is 2.42. The minimum Gasteiger partial charge on any atom is -0.398 e. The highest BCUT2D eigenvalue weighted by molar-refractivity contribution is 9.10. The molecule has 2 aliphatic carbocycles. The number of anilines is 1. The van der Waals surface area contributed by atoms with Crippen LogP contribution in [0.5, 0.6) is 0 Å². The van der Waals surface area contributed by atoms with Crippen molar-refractivity contribution < 1.29 is 4.52 Å². The number of rotatable bonds is 2. The van der Waals surface area contributed by atoms with Gasteiger partial charge in [-0.15, -0.1) is 0 Å². The lowest BCUT2D eigenvalue weighted by molar-refractivity contribution is 0.372. The monoisotopic (exact) mass is 333 g/mol. The zero-order valence-electron chi connectivity index (χ0n) is 11.1. The second-order valence-corrected chi connectivity index (χ2v) is 6.83. The standard InChI is InChI=1S/C15H16BrN3O/c16-12-4-3-10(7-13(12)17)15-18-14(19-20-15)11-6-8-1-2-9(11)5-8/h3-4,7-9,11H,1-2,5-6,17H2. The third-order valence-electron chi connectivity index (χ3n) is 4.75. The first kappa shape index (κ1) is 12.4. The molecule has 0 saturated heterocycles. The Hall–Kier alpha value is -1.36. The van der Waals surface area contributed by atoms with Crippen LogP contribution >= 0.6 is 15.9 Å². The van der Waals surface area contributed by atoms with Gasteiger partial charge < -0.3 is 10.3 Å². The molecule has 4 nitrogen and oxygen atoms in total. The van der Waals surface area contributed by atoms with Gasteiger partial charge in [-0.3, -0.25) is 0 Å². The summed E-state index contributed by atoms with van der Waals surface area (Å²) in [6.45, 7) is 0. The molecule has 2 fully saturated rings. The van der Waals surface area contributed by atoms with E-state index in [-0.39, 0.29) is 0 Å². The molecular weight excluding hydrogens is 318 g/mol. The van der Waals surface area contributed by atoms with E-state index in [1.54, 1.807) is 0 Å². The molecular formula is C15H16BrN3O. The molecule has 0 spiro atoms. The Labute approximate surface area is 125 Å². The van der Waals surface area contributed by atoms with Gasteiger partial charge in [0, 0.05) is 21.6 Å². The quantitative estimate of drug-likeness (QED) is 0.844. The lowest BCUT2D eigenvalue weighted by Crippen LogP contribution is -2.09. The van der Waals surface area contributed by atoms with Gasteiger partial charge in [0.15, 0.2) is 5.82 Å². The summed E-state index contributed by atoms with van der Waals surface area (Å²) in [5, 5.41) is 4.21. The Morgan fingerprint density at radius 2 is 2.15 bits per heavy atom. The summed E-state index contributed by atoms with van der Waals surface area (Å²) in [6, 6.07) is 5.72. The number of nitrogens with zero attached hydrogens (tertiary/aromatic N) is 2. The Morgan fingerprint density at radius 1 is 1.25 bits per heavy atom. The average molecular weight is 334 g/mol. The van der Waals surface area contributed by atoms with Crippen molar-refractivity contribution in [2.75, 3.05) is 5.73 Å². The van der Waals surface area contributed by atoms with Crippen LogP contribution in [0.15, 0.2) is 27.2 Å². The molecule has 0 amide bonds. The van der Waals surface area contributed by atoms with E-state index in [0.29, 0.717) is 17.5 Å². The molecule has 1 aromatic carbocycles. The van der Waals surface area contributed by atoms with Crippen LogP contribution in [0.1, 0.15) is 37.4 Å². The summed E-state index contributed by atoms with van der Waals surface area (Å²) in [6.07, 6.45) is 5.28. The van der Waals surface area contributed by atoms with Crippen LogP contribution in [-0.2, 0) is 0 Å². The fraction of sp³-hybridized carbons (Fsp3) is 0.467. The second kappa shape index (κ2) is 4.58. The van der Waals surface area contributed by atoms with Crippen LogP contribution in [0.3, 0.4) is 0 Å². The maximum Gasteiger partial charge on any atom is 0.258 e.